The maximum absolute atomic E-state index is 12.6. The van der Waals surface area contributed by atoms with Gasteiger partial charge in [-0.2, -0.15) is 13.2 Å². The monoisotopic (exact) mass is 317 g/mol. The number of thiophene rings is 1. The van der Waals surface area contributed by atoms with Crippen LogP contribution in [0.4, 0.5) is 18.9 Å². The van der Waals surface area contributed by atoms with Crippen LogP contribution >= 0.6 is 23.1 Å². The maximum Gasteiger partial charge on any atom is 0.416 e. The quantitative estimate of drug-likeness (QED) is 0.828. The highest BCUT2D eigenvalue weighted by atomic mass is 32.2. The Kier molecular flexibility index (Phi) is 4.39. The molecule has 0 spiro atoms. The van der Waals surface area contributed by atoms with E-state index in [4.69, 9.17) is 0 Å². The van der Waals surface area contributed by atoms with Gasteiger partial charge in [-0.3, -0.25) is 4.79 Å². The van der Waals surface area contributed by atoms with Crippen LogP contribution in [-0.2, 0) is 6.18 Å². The van der Waals surface area contributed by atoms with Crippen molar-refractivity contribution in [3.8, 4) is 0 Å². The minimum atomic E-state index is -4.42. The van der Waals surface area contributed by atoms with Crippen molar-refractivity contribution in [1.82, 2.24) is 0 Å². The van der Waals surface area contributed by atoms with E-state index >= 15 is 0 Å². The molecule has 0 radical (unpaired) electrons. The van der Waals surface area contributed by atoms with Crippen molar-refractivity contribution >= 4 is 34.7 Å². The lowest BCUT2D eigenvalue weighted by Crippen LogP contribution is -2.11. The number of nitrogens with one attached hydrogen (secondary N) is 1. The minimum absolute atomic E-state index is 0.129. The first kappa shape index (κ1) is 14.9. The average Bonchev–Trinajstić information content (AvgIpc) is 2.87. The Labute approximate surface area is 122 Å². The van der Waals surface area contributed by atoms with E-state index in [1.807, 2.05) is 6.26 Å². The molecule has 0 bridgehead atoms. The van der Waals surface area contributed by atoms with Gasteiger partial charge in [0.25, 0.3) is 5.91 Å². The first-order chi connectivity index (χ1) is 9.40. The van der Waals surface area contributed by atoms with E-state index in [-0.39, 0.29) is 5.69 Å². The number of thioether (sulfide) groups is 1. The van der Waals surface area contributed by atoms with Gasteiger partial charge < -0.3 is 5.32 Å². The minimum Gasteiger partial charge on any atom is -0.321 e. The largest absolute Gasteiger partial charge is 0.416 e. The van der Waals surface area contributed by atoms with Crippen LogP contribution in [0.2, 0.25) is 0 Å². The molecular formula is C13H10F3NOS2. The highest BCUT2D eigenvalue weighted by Gasteiger charge is 2.30. The molecule has 0 fully saturated rings. The lowest BCUT2D eigenvalue weighted by atomic mass is 10.2. The third kappa shape index (κ3) is 3.55. The van der Waals surface area contributed by atoms with Gasteiger partial charge in [0.1, 0.15) is 0 Å². The summed E-state index contributed by atoms with van der Waals surface area (Å²) in [4.78, 5) is 12.4. The summed E-state index contributed by atoms with van der Waals surface area (Å²) >= 11 is 2.81. The van der Waals surface area contributed by atoms with Gasteiger partial charge in [-0.1, -0.05) is 6.07 Å². The molecule has 2 nitrogen and oxygen atoms in total. The highest BCUT2D eigenvalue weighted by molar-refractivity contribution is 8.00. The smallest absolute Gasteiger partial charge is 0.321 e. The van der Waals surface area contributed by atoms with Crippen LogP contribution in [0.25, 0.3) is 0 Å². The third-order valence-corrected chi connectivity index (χ3v) is 4.62. The Balaban J connectivity index is 2.15. The zero-order valence-corrected chi connectivity index (χ0v) is 12.0. The third-order valence-electron chi connectivity index (χ3n) is 2.45. The lowest BCUT2D eigenvalue weighted by molar-refractivity contribution is -0.137. The molecule has 0 aliphatic heterocycles. The summed E-state index contributed by atoms with van der Waals surface area (Å²) in [6, 6.07) is 8.03. The molecule has 1 heterocycles. The van der Waals surface area contributed by atoms with Gasteiger partial charge in [0.05, 0.1) is 14.6 Å². The van der Waals surface area contributed by atoms with Gasteiger partial charge in [-0.15, -0.1) is 23.1 Å². The fraction of sp³-hybridized carbons (Fsp3) is 0.154. The number of halogens is 3. The van der Waals surface area contributed by atoms with Crippen LogP contribution in [0.1, 0.15) is 15.2 Å². The predicted molar refractivity (Wildman–Crippen MR) is 75.5 cm³/mol. The van der Waals surface area contributed by atoms with E-state index in [1.165, 1.54) is 35.2 Å². The SMILES string of the molecule is CSc1ccc(C(=O)Nc2cccc(C(F)(F)F)c2)s1. The van der Waals surface area contributed by atoms with Gasteiger partial charge in [0.15, 0.2) is 0 Å². The van der Waals surface area contributed by atoms with Crippen molar-refractivity contribution in [2.45, 2.75) is 10.4 Å². The van der Waals surface area contributed by atoms with Crippen LogP contribution in [-0.4, -0.2) is 12.2 Å². The predicted octanol–water partition coefficient (Wildman–Crippen LogP) is 4.74. The molecule has 0 saturated heterocycles. The summed E-state index contributed by atoms with van der Waals surface area (Å²) in [5, 5.41) is 2.47. The van der Waals surface area contributed by atoms with E-state index < -0.39 is 17.6 Å². The number of hydrogen-bond donors (Lipinski definition) is 1. The normalized spacial score (nSPS) is 11.4. The molecule has 0 saturated carbocycles. The summed E-state index contributed by atoms with van der Waals surface area (Å²) < 4.78 is 38.7. The lowest BCUT2D eigenvalue weighted by Gasteiger charge is -2.09. The molecule has 106 valence electrons. The average molecular weight is 317 g/mol. The van der Waals surface area contributed by atoms with E-state index in [9.17, 15) is 18.0 Å². The van der Waals surface area contributed by atoms with Crippen LogP contribution in [0.15, 0.2) is 40.6 Å². The second kappa shape index (κ2) is 5.88. The Morgan fingerprint density at radius 2 is 2.00 bits per heavy atom. The topological polar surface area (TPSA) is 29.1 Å². The van der Waals surface area contributed by atoms with Crippen molar-refractivity contribution in [3.05, 3.63) is 46.8 Å². The van der Waals surface area contributed by atoms with Crippen molar-refractivity contribution in [2.24, 2.45) is 0 Å². The van der Waals surface area contributed by atoms with Crippen LogP contribution in [0, 0.1) is 0 Å². The standard InChI is InChI=1S/C13H10F3NOS2/c1-19-11-6-5-10(20-11)12(18)17-9-4-2-3-8(7-9)13(14,15)16/h2-7H,1H3,(H,17,18). The summed E-state index contributed by atoms with van der Waals surface area (Å²) in [5.41, 5.74) is -0.657. The number of amides is 1. The van der Waals surface area contributed by atoms with E-state index in [2.05, 4.69) is 5.32 Å². The Hall–Kier alpha value is -1.47. The fourth-order valence-electron chi connectivity index (χ4n) is 1.52. The van der Waals surface area contributed by atoms with Gasteiger partial charge in [-0.05, 0) is 36.6 Å². The molecule has 0 aliphatic rings. The number of alkyl halides is 3. The van der Waals surface area contributed by atoms with Crippen molar-refractivity contribution < 1.29 is 18.0 Å². The molecule has 0 unspecified atom stereocenters. The molecule has 1 amide bonds. The second-order valence-electron chi connectivity index (χ2n) is 3.86. The van der Waals surface area contributed by atoms with Crippen LogP contribution in [0.3, 0.4) is 0 Å². The Bertz CT molecular complexity index is 622. The zero-order valence-electron chi connectivity index (χ0n) is 10.3. The Morgan fingerprint density at radius 1 is 1.25 bits per heavy atom. The zero-order chi connectivity index (χ0) is 14.8. The van der Waals surface area contributed by atoms with Crippen LogP contribution < -0.4 is 5.32 Å². The first-order valence-electron chi connectivity index (χ1n) is 5.52. The molecule has 2 rings (SSSR count). The number of rotatable bonds is 3. The summed E-state index contributed by atoms with van der Waals surface area (Å²) in [6.45, 7) is 0. The molecule has 20 heavy (non-hydrogen) atoms. The first-order valence-corrected chi connectivity index (χ1v) is 7.56. The molecule has 1 aromatic heterocycles. The van der Waals surface area contributed by atoms with E-state index in [0.29, 0.717) is 4.88 Å². The van der Waals surface area contributed by atoms with Gasteiger partial charge in [-0.25, -0.2) is 0 Å². The molecule has 7 heteroatoms. The number of anilines is 1. The molecular weight excluding hydrogens is 307 g/mol. The second-order valence-corrected chi connectivity index (χ2v) is 6.05. The molecule has 0 aliphatic carbocycles. The van der Waals surface area contributed by atoms with Crippen molar-refractivity contribution in [3.63, 3.8) is 0 Å². The molecule has 1 aromatic carbocycles. The summed E-state index contributed by atoms with van der Waals surface area (Å²) in [6.07, 6.45) is -2.53. The van der Waals surface area contributed by atoms with Crippen molar-refractivity contribution in [2.75, 3.05) is 11.6 Å². The maximum atomic E-state index is 12.6. The number of carbonyl (C=O) groups is 1. The summed E-state index contributed by atoms with van der Waals surface area (Å²) in [5.74, 6) is -0.408. The van der Waals surface area contributed by atoms with E-state index in [1.54, 1.807) is 12.1 Å². The highest BCUT2D eigenvalue weighted by Crippen LogP contribution is 2.31. The van der Waals surface area contributed by atoms with E-state index in [0.717, 1.165) is 16.3 Å². The number of benzene rings is 1. The molecule has 1 N–H and O–H groups in total. The Morgan fingerprint density at radius 3 is 2.60 bits per heavy atom. The number of carbonyl (C=O) groups excluding carboxylic acids is 1. The van der Waals surface area contributed by atoms with Gasteiger partial charge in [0.2, 0.25) is 0 Å². The summed E-state index contributed by atoms with van der Waals surface area (Å²) in [7, 11) is 0. The molecule has 2 aromatic rings. The fourth-order valence-corrected chi connectivity index (χ4v) is 2.96. The van der Waals surface area contributed by atoms with Gasteiger partial charge in [0, 0.05) is 5.69 Å². The molecule has 0 atom stereocenters. The van der Waals surface area contributed by atoms with Crippen LogP contribution in [0.5, 0.6) is 0 Å². The van der Waals surface area contributed by atoms with Crippen molar-refractivity contribution in [1.29, 1.82) is 0 Å². The number of hydrogen-bond acceptors (Lipinski definition) is 3. The van der Waals surface area contributed by atoms with Gasteiger partial charge >= 0.3 is 6.18 Å².